The molecule has 4 nitrogen and oxygen atoms in total. The molecule has 0 spiro atoms. The second-order valence-electron chi connectivity index (χ2n) is 5.72. The van der Waals surface area contributed by atoms with Gasteiger partial charge in [-0.05, 0) is 43.6 Å². The van der Waals surface area contributed by atoms with Crippen molar-refractivity contribution in [3.8, 4) is 0 Å². The number of rotatable bonds is 6. The Morgan fingerprint density at radius 2 is 1.74 bits per heavy atom. The number of nitrogens with zero attached hydrogens (tertiary/aromatic N) is 2. The summed E-state index contributed by atoms with van der Waals surface area (Å²) in [5, 5.41) is 10.8. The highest BCUT2D eigenvalue weighted by atomic mass is 19.1. The van der Waals surface area contributed by atoms with Gasteiger partial charge in [0.1, 0.15) is 5.82 Å². The van der Waals surface area contributed by atoms with E-state index in [1.807, 2.05) is 0 Å². The van der Waals surface area contributed by atoms with Crippen LogP contribution in [-0.4, -0.2) is 18.0 Å². The summed E-state index contributed by atoms with van der Waals surface area (Å²) in [5.41, 5.74) is 0.497. The molecule has 3 rings (SSSR count). The average molecular weight is 264 g/mol. The van der Waals surface area contributed by atoms with Gasteiger partial charge in [-0.25, -0.2) is 4.39 Å². The summed E-state index contributed by atoms with van der Waals surface area (Å²) >= 11 is 0. The molecule has 5 heteroatoms. The number of halogens is 1. The Morgan fingerprint density at radius 3 is 2.21 bits per heavy atom. The molecule has 0 heterocycles. The summed E-state index contributed by atoms with van der Waals surface area (Å²) in [4.78, 5) is 12.4. The predicted molar refractivity (Wildman–Crippen MR) is 70.7 cm³/mol. The van der Waals surface area contributed by atoms with Crippen LogP contribution in [0.3, 0.4) is 0 Å². The van der Waals surface area contributed by atoms with Crippen molar-refractivity contribution in [1.82, 2.24) is 0 Å². The van der Waals surface area contributed by atoms with Crippen LogP contribution in [0.25, 0.3) is 0 Å². The maximum absolute atomic E-state index is 13.5. The summed E-state index contributed by atoms with van der Waals surface area (Å²) in [5.74, 6) is 0.836. The Bertz CT molecular complexity index is 484. The van der Waals surface area contributed by atoms with Crippen LogP contribution < -0.4 is 4.90 Å². The van der Waals surface area contributed by atoms with Gasteiger partial charge < -0.3 is 4.90 Å². The van der Waals surface area contributed by atoms with E-state index in [1.54, 1.807) is 0 Å². The van der Waals surface area contributed by atoms with Crippen molar-refractivity contribution in [2.45, 2.75) is 25.7 Å². The molecular weight excluding hydrogens is 247 g/mol. The number of anilines is 1. The Hall–Kier alpha value is -1.65. The molecule has 0 unspecified atom stereocenters. The van der Waals surface area contributed by atoms with Gasteiger partial charge in [0.2, 0.25) is 0 Å². The Kier molecular flexibility index (Phi) is 3.12. The molecule has 102 valence electrons. The van der Waals surface area contributed by atoms with Gasteiger partial charge in [-0.3, -0.25) is 10.1 Å². The summed E-state index contributed by atoms with van der Waals surface area (Å²) < 4.78 is 13.5. The van der Waals surface area contributed by atoms with Gasteiger partial charge in [-0.15, -0.1) is 0 Å². The SMILES string of the molecule is O=[N+]([O-])c1cc(F)cc(N(CC2CC2)CC2CC2)c1. The van der Waals surface area contributed by atoms with Crippen LogP contribution in [0, 0.1) is 27.8 Å². The third-order valence-electron chi connectivity index (χ3n) is 3.79. The highest BCUT2D eigenvalue weighted by Crippen LogP contribution is 2.36. The highest BCUT2D eigenvalue weighted by Gasteiger charge is 2.30. The van der Waals surface area contributed by atoms with E-state index < -0.39 is 10.7 Å². The van der Waals surface area contributed by atoms with Crippen LogP contribution in [0.4, 0.5) is 15.8 Å². The molecule has 0 saturated heterocycles. The van der Waals surface area contributed by atoms with E-state index >= 15 is 0 Å². The van der Waals surface area contributed by atoms with Crippen molar-refractivity contribution in [3.05, 3.63) is 34.1 Å². The van der Waals surface area contributed by atoms with Crippen molar-refractivity contribution in [3.63, 3.8) is 0 Å². The molecule has 0 N–H and O–H groups in total. The molecule has 1 aromatic carbocycles. The lowest BCUT2D eigenvalue weighted by Crippen LogP contribution is -2.28. The van der Waals surface area contributed by atoms with E-state index in [1.165, 1.54) is 37.8 Å². The number of hydrogen-bond donors (Lipinski definition) is 0. The summed E-state index contributed by atoms with van der Waals surface area (Å²) in [6, 6.07) is 3.89. The van der Waals surface area contributed by atoms with Gasteiger partial charge in [0.05, 0.1) is 11.0 Å². The second-order valence-corrected chi connectivity index (χ2v) is 5.72. The van der Waals surface area contributed by atoms with Crippen molar-refractivity contribution in [1.29, 1.82) is 0 Å². The van der Waals surface area contributed by atoms with E-state index in [9.17, 15) is 14.5 Å². The molecule has 2 aliphatic carbocycles. The van der Waals surface area contributed by atoms with Gasteiger partial charge in [0.15, 0.2) is 0 Å². The molecule has 2 aliphatic rings. The Labute approximate surface area is 111 Å². The van der Waals surface area contributed by atoms with E-state index in [0.717, 1.165) is 19.2 Å². The Balaban J connectivity index is 1.84. The quantitative estimate of drug-likeness (QED) is 0.584. The molecule has 2 fully saturated rings. The predicted octanol–water partition coefficient (Wildman–Crippen LogP) is 3.36. The molecule has 0 aliphatic heterocycles. The first kappa shape index (κ1) is 12.4. The maximum atomic E-state index is 13.5. The normalized spacial score (nSPS) is 18.4. The third kappa shape index (κ3) is 3.22. The molecule has 0 amide bonds. The number of benzene rings is 1. The number of nitro benzene ring substituents is 1. The third-order valence-corrected chi connectivity index (χ3v) is 3.79. The first-order valence-corrected chi connectivity index (χ1v) is 6.82. The van der Waals surface area contributed by atoms with Crippen molar-refractivity contribution >= 4 is 11.4 Å². The monoisotopic (exact) mass is 264 g/mol. The Morgan fingerprint density at radius 1 is 1.16 bits per heavy atom. The van der Waals surface area contributed by atoms with Gasteiger partial charge >= 0.3 is 0 Å². The molecule has 1 aromatic rings. The van der Waals surface area contributed by atoms with Crippen molar-refractivity contribution in [2.75, 3.05) is 18.0 Å². The van der Waals surface area contributed by atoms with Crippen molar-refractivity contribution < 1.29 is 9.31 Å². The minimum Gasteiger partial charge on any atom is -0.371 e. The van der Waals surface area contributed by atoms with Gasteiger partial charge in [-0.2, -0.15) is 0 Å². The van der Waals surface area contributed by atoms with Gasteiger partial charge in [0.25, 0.3) is 5.69 Å². The van der Waals surface area contributed by atoms with Crippen LogP contribution in [0.5, 0.6) is 0 Å². The zero-order valence-electron chi connectivity index (χ0n) is 10.7. The highest BCUT2D eigenvalue weighted by molar-refractivity contribution is 5.54. The van der Waals surface area contributed by atoms with Gasteiger partial charge in [-0.1, -0.05) is 0 Å². The zero-order valence-corrected chi connectivity index (χ0v) is 10.7. The first-order valence-electron chi connectivity index (χ1n) is 6.82. The molecule has 19 heavy (non-hydrogen) atoms. The summed E-state index contributed by atoms with van der Waals surface area (Å²) in [6.07, 6.45) is 4.88. The van der Waals surface area contributed by atoms with Gasteiger partial charge in [0, 0.05) is 24.8 Å². The van der Waals surface area contributed by atoms with Crippen LogP contribution in [-0.2, 0) is 0 Å². The summed E-state index contributed by atoms with van der Waals surface area (Å²) in [6.45, 7) is 1.80. The molecule has 2 saturated carbocycles. The van der Waals surface area contributed by atoms with E-state index in [4.69, 9.17) is 0 Å². The molecular formula is C14H17FN2O2. The minimum absolute atomic E-state index is 0.161. The summed E-state index contributed by atoms with van der Waals surface area (Å²) in [7, 11) is 0. The minimum atomic E-state index is -0.529. The van der Waals surface area contributed by atoms with E-state index in [-0.39, 0.29) is 5.69 Å². The first-order chi connectivity index (χ1) is 9.11. The topological polar surface area (TPSA) is 46.4 Å². The van der Waals surface area contributed by atoms with Crippen LogP contribution in [0.2, 0.25) is 0 Å². The number of nitro groups is 1. The van der Waals surface area contributed by atoms with Crippen LogP contribution in [0.15, 0.2) is 18.2 Å². The average Bonchev–Trinajstić information content (AvgIpc) is 3.22. The largest absolute Gasteiger partial charge is 0.371 e. The lowest BCUT2D eigenvalue weighted by molar-refractivity contribution is -0.385. The fourth-order valence-electron chi connectivity index (χ4n) is 2.36. The van der Waals surface area contributed by atoms with Crippen LogP contribution >= 0.6 is 0 Å². The van der Waals surface area contributed by atoms with E-state index in [0.29, 0.717) is 17.5 Å². The standard InChI is InChI=1S/C14H17FN2O2/c15-12-5-13(7-14(6-12)17(18)19)16(8-10-1-2-10)9-11-3-4-11/h5-7,10-11H,1-4,8-9H2. The lowest BCUT2D eigenvalue weighted by atomic mass is 10.2. The van der Waals surface area contributed by atoms with Crippen LogP contribution in [0.1, 0.15) is 25.7 Å². The zero-order chi connectivity index (χ0) is 13.4. The lowest BCUT2D eigenvalue weighted by Gasteiger charge is -2.24. The molecule has 0 radical (unpaired) electrons. The molecule has 0 aromatic heterocycles. The fraction of sp³-hybridized carbons (Fsp3) is 0.571. The van der Waals surface area contributed by atoms with Crippen molar-refractivity contribution in [2.24, 2.45) is 11.8 Å². The fourth-order valence-corrected chi connectivity index (χ4v) is 2.36. The number of hydrogen-bond acceptors (Lipinski definition) is 3. The smallest absolute Gasteiger partial charge is 0.274 e. The number of non-ortho nitro benzene ring substituents is 1. The molecule has 0 bridgehead atoms. The van der Waals surface area contributed by atoms with E-state index in [2.05, 4.69) is 4.90 Å². The second kappa shape index (κ2) is 4.79. The maximum Gasteiger partial charge on any atom is 0.274 e. The molecule has 0 atom stereocenters.